The summed E-state index contributed by atoms with van der Waals surface area (Å²) in [7, 11) is 0. The maximum Gasteiger partial charge on any atom is 0.196 e. The molecule has 0 aliphatic carbocycles. The zero-order valence-corrected chi connectivity index (χ0v) is 6.19. The first-order chi connectivity index (χ1) is 2.94. The van der Waals surface area contributed by atoms with E-state index in [9.17, 15) is 0 Å². The van der Waals surface area contributed by atoms with E-state index in [4.69, 9.17) is 52.1 Å². The Morgan fingerprint density at radius 3 is 1.43 bits per heavy atom. The van der Waals surface area contributed by atoms with E-state index in [1.54, 1.807) is 0 Å². The third-order valence-electron chi connectivity index (χ3n) is 0.291. The van der Waals surface area contributed by atoms with Crippen LogP contribution in [0.3, 0.4) is 0 Å². The summed E-state index contributed by atoms with van der Waals surface area (Å²) in [6.07, 6.45) is 0. The van der Waals surface area contributed by atoms with Crippen LogP contribution in [0.25, 0.3) is 0 Å². The predicted octanol–water partition coefficient (Wildman–Crippen LogP) is 1.88. The van der Waals surface area contributed by atoms with E-state index >= 15 is 0 Å². The van der Waals surface area contributed by atoms with Crippen molar-refractivity contribution in [2.24, 2.45) is 5.73 Å². The lowest BCUT2D eigenvalue weighted by molar-refractivity contribution is 0.897. The number of hydrogen-bond donors (Lipinski definition) is 1. The minimum Gasteiger partial charge on any atom is -0.298 e. The van der Waals surface area contributed by atoms with Gasteiger partial charge in [-0.2, -0.15) is 0 Å². The van der Waals surface area contributed by atoms with Gasteiger partial charge in [0.2, 0.25) is 0 Å². The molecule has 0 spiro atoms. The quantitative estimate of drug-likeness (QED) is 0.487. The van der Waals surface area contributed by atoms with Gasteiger partial charge in [0.05, 0.1) is 0 Å². The fourth-order valence-electron chi connectivity index (χ4n) is 0. The summed E-state index contributed by atoms with van der Waals surface area (Å²) >= 11 is 20.6. The Morgan fingerprint density at radius 1 is 1.29 bits per heavy atom. The lowest BCUT2D eigenvalue weighted by Gasteiger charge is -2.12. The topological polar surface area (TPSA) is 26.0 Å². The number of alkyl halides is 4. The zero-order valence-electron chi connectivity index (χ0n) is 3.17. The zero-order chi connectivity index (χ0) is 6.08. The molecule has 0 radical (unpaired) electrons. The van der Waals surface area contributed by atoms with Crippen LogP contribution in [0.4, 0.5) is 0 Å². The minimum absolute atomic E-state index is 0.948. The highest BCUT2D eigenvalue weighted by Crippen LogP contribution is 2.25. The fourth-order valence-corrected chi connectivity index (χ4v) is 0. The average molecular weight is 183 g/mol. The first kappa shape index (κ1) is 8.12. The lowest BCUT2D eigenvalue weighted by atomic mass is 10.8. The summed E-state index contributed by atoms with van der Waals surface area (Å²) < 4.78 is -1.52. The van der Waals surface area contributed by atoms with Crippen molar-refractivity contribution in [3.8, 4) is 0 Å². The Hall–Kier alpha value is 1.12. The van der Waals surface area contributed by atoms with Crippen molar-refractivity contribution in [2.45, 2.75) is 9.29 Å². The first-order valence-corrected chi connectivity index (χ1v) is 3.02. The summed E-state index contributed by atoms with van der Waals surface area (Å²) in [5.41, 5.74) is 4.95. The monoisotopic (exact) mass is 181 g/mol. The number of nitrogens with two attached hydrogens (primary N) is 1. The third kappa shape index (κ3) is 3.68. The molecule has 0 aliphatic heterocycles. The van der Waals surface area contributed by atoms with E-state index in [1.165, 1.54) is 0 Å². The number of hydrogen-bond acceptors (Lipinski definition) is 1. The molecular formula is C2H3Cl4N. The van der Waals surface area contributed by atoms with Crippen molar-refractivity contribution in [3.63, 3.8) is 0 Å². The first-order valence-electron chi connectivity index (χ1n) is 1.39. The number of rotatable bonds is 1. The van der Waals surface area contributed by atoms with Crippen LogP contribution in [0.2, 0.25) is 0 Å². The summed E-state index contributed by atoms with van der Waals surface area (Å²) in [6, 6.07) is 0. The van der Waals surface area contributed by atoms with Gasteiger partial charge in [-0.05, 0) is 0 Å². The Kier molecular flexibility index (Phi) is 3.02. The van der Waals surface area contributed by atoms with Crippen LogP contribution in [0.5, 0.6) is 0 Å². The van der Waals surface area contributed by atoms with Crippen LogP contribution < -0.4 is 5.73 Å². The fraction of sp³-hybridized carbons (Fsp3) is 1.00. The van der Waals surface area contributed by atoms with Gasteiger partial charge in [-0.15, -0.1) is 23.2 Å². The van der Waals surface area contributed by atoms with Gasteiger partial charge >= 0.3 is 0 Å². The molecule has 1 nitrogen and oxygen atoms in total. The Morgan fingerprint density at radius 2 is 1.43 bits per heavy atom. The van der Waals surface area contributed by atoms with E-state index in [-0.39, 0.29) is 0 Å². The summed E-state index contributed by atoms with van der Waals surface area (Å²) in [5, 5.41) is 0. The molecule has 0 aromatic heterocycles. The molecule has 0 rings (SSSR count). The normalized spacial score (nSPS) is 12.9. The van der Waals surface area contributed by atoms with Crippen molar-refractivity contribution in [3.05, 3.63) is 0 Å². The molecule has 44 valence electrons. The maximum absolute atomic E-state index is 5.15. The van der Waals surface area contributed by atoms with Gasteiger partial charge in [0.25, 0.3) is 0 Å². The lowest BCUT2D eigenvalue weighted by Crippen LogP contribution is -2.32. The predicted molar refractivity (Wildman–Crippen MR) is 34.1 cm³/mol. The molecule has 0 aliphatic rings. The van der Waals surface area contributed by atoms with Crippen LogP contribution in [0, 0.1) is 0 Å². The molecule has 2 N–H and O–H groups in total. The second-order valence-corrected chi connectivity index (χ2v) is 3.52. The van der Waals surface area contributed by atoms with Crippen LogP contribution in [-0.2, 0) is 0 Å². The highest BCUT2D eigenvalue weighted by Gasteiger charge is 2.25. The Bertz CT molecular complexity index is 55.2. The second kappa shape index (κ2) is 2.60. The van der Waals surface area contributed by atoms with Crippen LogP contribution in [0.15, 0.2) is 0 Å². The Balaban J connectivity index is 3.54. The van der Waals surface area contributed by atoms with Gasteiger partial charge in [0.15, 0.2) is 9.29 Å². The van der Waals surface area contributed by atoms with Crippen LogP contribution in [0.1, 0.15) is 0 Å². The SMILES string of the molecule is NC(Cl)(Cl)C(Cl)Cl. The van der Waals surface area contributed by atoms with E-state index in [1.807, 2.05) is 0 Å². The van der Waals surface area contributed by atoms with Crippen molar-refractivity contribution in [1.29, 1.82) is 0 Å². The average Bonchev–Trinajstić information content (AvgIpc) is 1.31. The standard InChI is InChI=1S/C2H3Cl4N/c3-1(4)2(5,6)7/h1H,7H2. The third-order valence-corrected chi connectivity index (χ3v) is 1.86. The molecule has 5 heteroatoms. The molecule has 0 aromatic carbocycles. The molecule has 0 atom stereocenters. The maximum atomic E-state index is 5.15. The van der Waals surface area contributed by atoms with Gasteiger partial charge in [0.1, 0.15) is 0 Å². The van der Waals surface area contributed by atoms with Crippen molar-refractivity contribution >= 4 is 46.4 Å². The van der Waals surface area contributed by atoms with E-state index < -0.39 is 9.29 Å². The molecule has 0 unspecified atom stereocenters. The molecule has 0 bridgehead atoms. The molecule has 0 saturated carbocycles. The molecule has 0 fully saturated rings. The highest BCUT2D eigenvalue weighted by atomic mass is 35.5. The van der Waals surface area contributed by atoms with Crippen molar-refractivity contribution < 1.29 is 0 Å². The van der Waals surface area contributed by atoms with E-state index in [2.05, 4.69) is 0 Å². The van der Waals surface area contributed by atoms with Gasteiger partial charge in [-0.25, -0.2) is 0 Å². The molecule has 7 heavy (non-hydrogen) atoms. The molecule has 0 aromatic rings. The summed E-state index contributed by atoms with van der Waals surface area (Å²) in [6.45, 7) is 0. The Labute approximate surface area is 61.7 Å². The second-order valence-electron chi connectivity index (χ2n) is 0.975. The van der Waals surface area contributed by atoms with Crippen LogP contribution >= 0.6 is 46.4 Å². The number of halogens is 4. The highest BCUT2D eigenvalue weighted by molar-refractivity contribution is 6.59. The minimum atomic E-state index is -1.52. The largest absolute Gasteiger partial charge is 0.298 e. The van der Waals surface area contributed by atoms with Gasteiger partial charge in [-0.3, -0.25) is 5.73 Å². The van der Waals surface area contributed by atoms with Gasteiger partial charge in [0, 0.05) is 0 Å². The van der Waals surface area contributed by atoms with Crippen LogP contribution in [-0.4, -0.2) is 9.29 Å². The molecule has 0 saturated heterocycles. The summed E-state index contributed by atoms with van der Waals surface area (Å²) in [5.74, 6) is 0. The van der Waals surface area contributed by atoms with E-state index in [0.29, 0.717) is 0 Å². The van der Waals surface area contributed by atoms with Gasteiger partial charge < -0.3 is 0 Å². The summed E-state index contributed by atoms with van der Waals surface area (Å²) in [4.78, 5) is -0.948. The van der Waals surface area contributed by atoms with Crippen molar-refractivity contribution in [2.75, 3.05) is 0 Å². The van der Waals surface area contributed by atoms with Crippen molar-refractivity contribution in [1.82, 2.24) is 0 Å². The smallest absolute Gasteiger partial charge is 0.196 e. The molecule has 0 amide bonds. The molecular weight excluding hydrogens is 180 g/mol. The van der Waals surface area contributed by atoms with Gasteiger partial charge in [-0.1, -0.05) is 23.2 Å². The molecule has 0 heterocycles. The van der Waals surface area contributed by atoms with E-state index in [0.717, 1.165) is 0 Å².